The zero-order chi connectivity index (χ0) is 18.4. The van der Waals surface area contributed by atoms with E-state index >= 15 is 0 Å². The van der Waals surface area contributed by atoms with Crippen molar-refractivity contribution in [2.75, 3.05) is 33.3 Å². The molecule has 0 radical (unpaired) electrons. The third-order valence-electron chi connectivity index (χ3n) is 4.87. The predicted molar refractivity (Wildman–Crippen MR) is 105 cm³/mol. The van der Waals surface area contributed by atoms with Gasteiger partial charge in [-0.3, -0.25) is 9.69 Å². The summed E-state index contributed by atoms with van der Waals surface area (Å²) < 4.78 is 5.13. The molecule has 26 heavy (non-hydrogen) atoms. The molecule has 3 rings (SSSR count). The van der Waals surface area contributed by atoms with Gasteiger partial charge in [-0.05, 0) is 67.9 Å². The third-order valence-corrected chi connectivity index (χ3v) is 5.12. The molecule has 1 unspecified atom stereocenters. The monoisotopic (exact) mass is 372 g/mol. The molecule has 0 bridgehead atoms. The van der Waals surface area contributed by atoms with Crippen LogP contribution in [0.5, 0.6) is 5.75 Å². The van der Waals surface area contributed by atoms with Gasteiger partial charge in [0.05, 0.1) is 13.7 Å². The number of hydrogen-bond donors (Lipinski definition) is 1. The van der Waals surface area contributed by atoms with E-state index in [1.54, 1.807) is 19.2 Å². The number of nitrogens with zero attached hydrogens (tertiary/aromatic N) is 1. The minimum Gasteiger partial charge on any atom is -0.497 e. The highest BCUT2D eigenvalue weighted by molar-refractivity contribution is 6.30. The van der Waals surface area contributed by atoms with E-state index in [0.717, 1.165) is 30.4 Å². The first-order valence-corrected chi connectivity index (χ1v) is 9.42. The molecule has 1 heterocycles. The van der Waals surface area contributed by atoms with E-state index in [0.29, 0.717) is 12.1 Å². The molecule has 4 nitrogen and oxygen atoms in total. The number of halogens is 1. The Hall–Kier alpha value is -1.88. The Morgan fingerprint density at radius 1 is 1.12 bits per heavy atom. The Morgan fingerprint density at radius 3 is 2.38 bits per heavy atom. The Morgan fingerprint density at radius 2 is 1.77 bits per heavy atom. The van der Waals surface area contributed by atoms with Crippen molar-refractivity contribution < 1.29 is 9.53 Å². The molecule has 1 N–H and O–H groups in total. The van der Waals surface area contributed by atoms with Gasteiger partial charge in [-0.1, -0.05) is 23.7 Å². The molecular weight excluding hydrogens is 348 g/mol. The number of rotatable bonds is 8. The van der Waals surface area contributed by atoms with Crippen molar-refractivity contribution in [2.24, 2.45) is 0 Å². The first-order chi connectivity index (χ1) is 12.7. The summed E-state index contributed by atoms with van der Waals surface area (Å²) in [5, 5.41) is 4.09. The summed E-state index contributed by atoms with van der Waals surface area (Å²) in [6.45, 7) is 3.26. The van der Waals surface area contributed by atoms with E-state index in [-0.39, 0.29) is 11.8 Å². The maximum Gasteiger partial charge on any atom is 0.176 e. The van der Waals surface area contributed by atoms with Gasteiger partial charge >= 0.3 is 0 Å². The molecule has 2 aromatic rings. The number of benzene rings is 2. The molecule has 1 fully saturated rings. The molecule has 0 aromatic heterocycles. The standard InChI is InChI=1S/C21H25ClN2O2/c1-26-19-10-6-17(7-11-19)21(25)15-23-14-20(24-12-2-3-13-24)16-4-8-18(22)9-5-16/h4-11,20,23H,2-3,12-15H2,1H3. The normalized spacial score (nSPS) is 15.8. The highest BCUT2D eigenvalue weighted by Crippen LogP contribution is 2.25. The summed E-state index contributed by atoms with van der Waals surface area (Å²) in [5.41, 5.74) is 1.93. The van der Waals surface area contributed by atoms with Gasteiger partial charge in [-0.2, -0.15) is 0 Å². The largest absolute Gasteiger partial charge is 0.497 e. The van der Waals surface area contributed by atoms with Gasteiger partial charge in [0.25, 0.3) is 0 Å². The maximum absolute atomic E-state index is 12.4. The average Bonchev–Trinajstić information content (AvgIpc) is 3.20. The van der Waals surface area contributed by atoms with Crippen LogP contribution in [0.2, 0.25) is 5.02 Å². The zero-order valence-corrected chi connectivity index (χ0v) is 15.8. The van der Waals surface area contributed by atoms with Crippen molar-refractivity contribution in [3.63, 3.8) is 0 Å². The van der Waals surface area contributed by atoms with Crippen LogP contribution in [0.25, 0.3) is 0 Å². The first-order valence-electron chi connectivity index (χ1n) is 9.05. The van der Waals surface area contributed by atoms with Gasteiger partial charge in [0.2, 0.25) is 0 Å². The second-order valence-corrected chi connectivity index (χ2v) is 7.03. The minimum absolute atomic E-state index is 0.0870. The fourth-order valence-corrected chi connectivity index (χ4v) is 3.52. The number of nitrogens with one attached hydrogen (secondary N) is 1. The zero-order valence-electron chi connectivity index (χ0n) is 15.1. The summed E-state index contributed by atoms with van der Waals surface area (Å²) in [7, 11) is 1.62. The fourth-order valence-electron chi connectivity index (χ4n) is 3.40. The Labute approximate surface area is 160 Å². The van der Waals surface area contributed by atoms with E-state index < -0.39 is 0 Å². The first kappa shape index (κ1) is 18.9. The molecule has 2 aromatic carbocycles. The van der Waals surface area contributed by atoms with Gasteiger partial charge in [-0.25, -0.2) is 0 Å². The molecule has 1 aliphatic rings. The van der Waals surface area contributed by atoms with Crippen LogP contribution < -0.4 is 10.1 Å². The lowest BCUT2D eigenvalue weighted by molar-refractivity contribution is 0.0987. The average molecular weight is 373 g/mol. The summed E-state index contributed by atoms with van der Waals surface area (Å²) in [4.78, 5) is 14.9. The van der Waals surface area contributed by atoms with Crippen molar-refractivity contribution in [1.82, 2.24) is 10.2 Å². The van der Waals surface area contributed by atoms with Crippen LogP contribution in [-0.4, -0.2) is 44.0 Å². The number of likely N-dealkylation sites (tertiary alicyclic amines) is 1. The third kappa shape index (κ3) is 4.85. The van der Waals surface area contributed by atoms with Gasteiger partial charge in [0, 0.05) is 23.2 Å². The maximum atomic E-state index is 12.4. The Kier molecular flexibility index (Phi) is 6.67. The minimum atomic E-state index is 0.0870. The molecular formula is C21H25ClN2O2. The number of ether oxygens (including phenoxy) is 1. The molecule has 1 aliphatic heterocycles. The second kappa shape index (κ2) is 9.17. The van der Waals surface area contributed by atoms with Gasteiger partial charge in [0.1, 0.15) is 5.75 Å². The molecule has 0 aliphatic carbocycles. The van der Waals surface area contributed by atoms with Gasteiger partial charge in [-0.15, -0.1) is 0 Å². The topological polar surface area (TPSA) is 41.6 Å². The SMILES string of the molecule is COc1ccc(C(=O)CNCC(c2ccc(Cl)cc2)N2CCCC2)cc1. The van der Waals surface area contributed by atoms with Crippen LogP contribution >= 0.6 is 11.6 Å². The number of methoxy groups -OCH3 is 1. The highest BCUT2D eigenvalue weighted by atomic mass is 35.5. The lowest BCUT2D eigenvalue weighted by Gasteiger charge is -2.28. The number of carbonyl (C=O) groups excluding carboxylic acids is 1. The van der Waals surface area contributed by atoms with Crippen molar-refractivity contribution in [1.29, 1.82) is 0 Å². The number of ketones is 1. The molecule has 1 atom stereocenters. The summed E-state index contributed by atoms with van der Waals surface area (Å²) in [6, 6.07) is 15.5. The van der Waals surface area contributed by atoms with E-state index in [1.165, 1.54) is 18.4 Å². The van der Waals surface area contributed by atoms with E-state index in [1.807, 2.05) is 24.3 Å². The fraction of sp³-hybridized carbons (Fsp3) is 0.381. The van der Waals surface area contributed by atoms with Crippen LogP contribution in [-0.2, 0) is 0 Å². The molecule has 0 spiro atoms. The smallest absolute Gasteiger partial charge is 0.176 e. The van der Waals surface area contributed by atoms with Crippen LogP contribution in [0, 0.1) is 0 Å². The van der Waals surface area contributed by atoms with Crippen LogP contribution in [0.3, 0.4) is 0 Å². The Bertz CT molecular complexity index is 710. The van der Waals surface area contributed by atoms with Crippen molar-refractivity contribution >= 4 is 17.4 Å². The van der Waals surface area contributed by atoms with Gasteiger partial charge in [0.15, 0.2) is 5.78 Å². The summed E-state index contributed by atoms with van der Waals surface area (Å²) in [6.07, 6.45) is 2.46. The Balaban J connectivity index is 1.60. The molecule has 138 valence electrons. The van der Waals surface area contributed by atoms with Gasteiger partial charge < -0.3 is 10.1 Å². The number of hydrogen-bond acceptors (Lipinski definition) is 4. The van der Waals surface area contributed by atoms with Crippen LogP contribution in [0.4, 0.5) is 0 Å². The summed E-state index contributed by atoms with van der Waals surface area (Å²) in [5.74, 6) is 0.843. The van der Waals surface area contributed by atoms with Crippen LogP contribution in [0.1, 0.15) is 34.8 Å². The number of Topliss-reactive ketones (excluding diaryl/α,β-unsaturated/α-hetero) is 1. The molecule has 0 saturated carbocycles. The molecule has 0 amide bonds. The van der Waals surface area contributed by atoms with E-state index in [4.69, 9.17) is 16.3 Å². The molecule has 5 heteroatoms. The van der Waals surface area contributed by atoms with Crippen LogP contribution in [0.15, 0.2) is 48.5 Å². The number of carbonyl (C=O) groups is 1. The quantitative estimate of drug-likeness (QED) is 0.712. The summed E-state index contributed by atoms with van der Waals surface area (Å²) >= 11 is 6.03. The highest BCUT2D eigenvalue weighted by Gasteiger charge is 2.23. The van der Waals surface area contributed by atoms with E-state index in [9.17, 15) is 4.79 Å². The van der Waals surface area contributed by atoms with E-state index in [2.05, 4.69) is 22.3 Å². The van der Waals surface area contributed by atoms with Crippen molar-refractivity contribution in [3.05, 3.63) is 64.7 Å². The second-order valence-electron chi connectivity index (χ2n) is 6.59. The lowest BCUT2D eigenvalue weighted by atomic mass is 10.1. The predicted octanol–water partition coefficient (Wildman–Crippen LogP) is 3.96. The van der Waals surface area contributed by atoms with Crippen molar-refractivity contribution in [2.45, 2.75) is 18.9 Å². The van der Waals surface area contributed by atoms with Crippen molar-refractivity contribution in [3.8, 4) is 5.75 Å². The lowest BCUT2D eigenvalue weighted by Crippen LogP contribution is -2.36. The molecule has 1 saturated heterocycles.